The summed E-state index contributed by atoms with van der Waals surface area (Å²) in [5.74, 6) is -2.04. The molecule has 2 rings (SSSR count). The number of amides is 1. The first kappa shape index (κ1) is 15.7. The third kappa shape index (κ3) is 3.32. The van der Waals surface area contributed by atoms with Crippen LogP contribution in [0.5, 0.6) is 0 Å². The van der Waals surface area contributed by atoms with Gasteiger partial charge in [0, 0.05) is 25.8 Å². The molecule has 4 nitrogen and oxygen atoms in total. The molecule has 0 unspecified atom stereocenters. The molecule has 0 aliphatic heterocycles. The second-order valence-electron chi connectivity index (χ2n) is 5.27. The minimum atomic E-state index is -0.771. The van der Waals surface area contributed by atoms with Gasteiger partial charge in [0.2, 0.25) is 0 Å². The Labute approximate surface area is 122 Å². The Bertz CT molecular complexity index is 502. The van der Waals surface area contributed by atoms with Crippen LogP contribution >= 0.6 is 0 Å². The molecule has 1 aliphatic carbocycles. The number of benzene rings is 1. The quantitative estimate of drug-likeness (QED) is 0.849. The zero-order valence-electron chi connectivity index (χ0n) is 12.3. The highest BCUT2D eigenvalue weighted by Gasteiger charge is 2.37. The van der Waals surface area contributed by atoms with E-state index in [1.807, 2.05) is 0 Å². The summed E-state index contributed by atoms with van der Waals surface area (Å²) in [5, 5.41) is 5.27. The molecule has 1 aliphatic rings. The van der Waals surface area contributed by atoms with Crippen LogP contribution in [-0.2, 0) is 4.74 Å². The lowest BCUT2D eigenvalue weighted by molar-refractivity contribution is -0.0679. The first-order valence-electron chi connectivity index (χ1n) is 7.07. The maximum Gasteiger partial charge on any atom is 0.251 e. The van der Waals surface area contributed by atoms with Crippen molar-refractivity contribution in [3.8, 4) is 0 Å². The van der Waals surface area contributed by atoms with Gasteiger partial charge in [-0.1, -0.05) is 0 Å². The van der Waals surface area contributed by atoms with E-state index in [0.717, 1.165) is 31.4 Å². The van der Waals surface area contributed by atoms with Crippen molar-refractivity contribution in [2.24, 2.45) is 0 Å². The first-order valence-corrected chi connectivity index (χ1v) is 7.07. The molecule has 21 heavy (non-hydrogen) atoms. The maximum atomic E-state index is 13.8. The number of rotatable bonds is 6. The summed E-state index contributed by atoms with van der Waals surface area (Å²) in [5.41, 5.74) is -0.560. The van der Waals surface area contributed by atoms with E-state index >= 15 is 0 Å². The second kappa shape index (κ2) is 6.39. The van der Waals surface area contributed by atoms with Crippen molar-refractivity contribution < 1.29 is 18.3 Å². The van der Waals surface area contributed by atoms with Crippen LogP contribution in [0.1, 0.15) is 36.5 Å². The van der Waals surface area contributed by atoms with Crippen molar-refractivity contribution in [3.63, 3.8) is 0 Å². The summed E-state index contributed by atoms with van der Waals surface area (Å²) in [6.45, 7) is 2.48. The van der Waals surface area contributed by atoms with Crippen LogP contribution in [0, 0.1) is 11.6 Å². The van der Waals surface area contributed by atoms with Crippen LogP contribution in [0.4, 0.5) is 14.5 Å². The number of anilines is 1. The van der Waals surface area contributed by atoms with Gasteiger partial charge < -0.3 is 15.4 Å². The zero-order valence-corrected chi connectivity index (χ0v) is 12.3. The van der Waals surface area contributed by atoms with Gasteiger partial charge in [-0.2, -0.15) is 0 Å². The number of ether oxygens (including phenoxy) is 1. The number of nitrogens with one attached hydrogen (secondary N) is 2. The molecule has 1 fully saturated rings. The maximum absolute atomic E-state index is 13.8. The summed E-state index contributed by atoms with van der Waals surface area (Å²) < 4.78 is 32.9. The molecule has 1 aromatic rings. The number of hydrogen-bond donors (Lipinski definition) is 2. The fraction of sp³-hybridized carbons (Fsp3) is 0.533. The Morgan fingerprint density at radius 3 is 2.38 bits per heavy atom. The molecule has 1 amide bonds. The second-order valence-corrected chi connectivity index (χ2v) is 5.27. The summed E-state index contributed by atoms with van der Waals surface area (Å²) in [6, 6.07) is 2.08. The standard InChI is InChI=1S/C15H20F2N2O2/c1-3-18-13-11(16)7-10(8-12(13)17)14(20)19-9-15(21-2)5-4-6-15/h7-8,18H,3-6,9H2,1-2H3,(H,19,20). The van der Waals surface area contributed by atoms with Gasteiger partial charge in [-0.05, 0) is 38.3 Å². The molecule has 0 atom stereocenters. The Balaban J connectivity index is 2.05. The summed E-state index contributed by atoms with van der Waals surface area (Å²) in [7, 11) is 1.61. The summed E-state index contributed by atoms with van der Waals surface area (Å²) >= 11 is 0. The van der Waals surface area contributed by atoms with E-state index in [1.54, 1.807) is 14.0 Å². The lowest BCUT2D eigenvalue weighted by Crippen LogP contribution is -2.49. The third-order valence-corrected chi connectivity index (χ3v) is 3.93. The molecule has 0 radical (unpaired) electrons. The number of carbonyl (C=O) groups is 1. The lowest BCUT2D eigenvalue weighted by atomic mass is 9.80. The van der Waals surface area contributed by atoms with Crippen molar-refractivity contribution in [2.45, 2.75) is 31.8 Å². The predicted molar refractivity (Wildman–Crippen MR) is 76.4 cm³/mol. The number of methoxy groups -OCH3 is 1. The summed E-state index contributed by atoms with van der Waals surface area (Å²) in [6.07, 6.45) is 2.82. The van der Waals surface area contributed by atoms with Gasteiger partial charge in [0.15, 0.2) is 0 Å². The monoisotopic (exact) mass is 298 g/mol. The molecular weight excluding hydrogens is 278 g/mol. The fourth-order valence-electron chi connectivity index (χ4n) is 2.42. The van der Waals surface area contributed by atoms with Gasteiger partial charge in [0.25, 0.3) is 5.91 Å². The average Bonchev–Trinajstić information content (AvgIpc) is 2.41. The van der Waals surface area contributed by atoms with E-state index in [9.17, 15) is 13.6 Å². The third-order valence-electron chi connectivity index (χ3n) is 3.93. The van der Waals surface area contributed by atoms with E-state index < -0.39 is 17.5 Å². The van der Waals surface area contributed by atoms with Gasteiger partial charge >= 0.3 is 0 Å². The highest BCUT2D eigenvalue weighted by Crippen LogP contribution is 2.34. The van der Waals surface area contributed by atoms with Crippen molar-refractivity contribution in [3.05, 3.63) is 29.3 Å². The molecule has 1 saturated carbocycles. The molecule has 0 spiro atoms. The van der Waals surface area contributed by atoms with Crippen molar-refractivity contribution in [1.82, 2.24) is 5.32 Å². The zero-order chi connectivity index (χ0) is 15.5. The van der Waals surface area contributed by atoms with Gasteiger partial charge in [-0.25, -0.2) is 8.78 Å². The molecule has 2 N–H and O–H groups in total. The van der Waals surface area contributed by atoms with Gasteiger partial charge in [-0.3, -0.25) is 4.79 Å². The Hall–Kier alpha value is -1.69. The SMILES string of the molecule is CCNc1c(F)cc(C(=O)NCC2(OC)CCC2)cc1F. The van der Waals surface area contributed by atoms with Crippen molar-refractivity contribution in [2.75, 3.05) is 25.5 Å². The van der Waals surface area contributed by atoms with Crippen molar-refractivity contribution in [1.29, 1.82) is 0 Å². The minimum absolute atomic E-state index is 0.0303. The molecule has 0 saturated heterocycles. The molecule has 0 bridgehead atoms. The summed E-state index contributed by atoms with van der Waals surface area (Å²) in [4.78, 5) is 12.0. The van der Waals surface area contributed by atoms with Gasteiger partial charge in [0.05, 0.1) is 5.60 Å². The largest absolute Gasteiger partial charge is 0.381 e. The highest BCUT2D eigenvalue weighted by atomic mass is 19.1. The number of carbonyl (C=O) groups excluding carboxylic acids is 1. The lowest BCUT2D eigenvalue weighted by Gasteiger charge is -2.40. The Morgan fingerprint density at radius 2 is 1.95 bits per heavy atom. The number of halogens is 2. The molecule has 0 heterocycles. The van der Waals surface area contributed by atoms with E-state index in [2.05, 4.69) is 10.6 Å². The van der Waals surface area contributed by atoms with Crippen LogP contribution < -0.4 is 10.6 Å². The van der Waals surface area contributed by atoms with Crippen molar-refractivity contribution >= 4 is 11.6 Å². The molecule has 0 aromatic heterocycles. The molecule has 6 heteroatoms. The smallest absolute Gasteiger partial charge is 0.251 e. The van der Waals surface area contributed by atoms with Crippen LogP contribution in [0.25, 0.3) is 0 Å². The predicted octanol–water partition coefficient (Wildman–Crippen LogP) is 2.70. The van der Waals surface area contributed by atoms with Crippen LogP contribution in [0.2, 0.25) is 0 Å². The highest BCUT2D eigenvalue weighted by molar-refractivity contribution is 5.94. The topological polar surface area (TPSA) is 50.4 Å². The van der Waals surface area contributed by atoms with Gasteiger partial charge in [-0.15, -0.1) is 0 Å². The van der Waals surface area contributed by atoms with Gasteiger partial charge in [0.1, 0.15) is 17.3 Å². The normalized spacial score (nSPS) is 16.2. The van der Waals surface area contributed by atoms with E-state index in [-0.39, 0.29) is 16.9 Å². The van der Waals surface area contributed by atoms with Crippen LogP contribution in [-0.4, -0.2) is 31.7 Å². The Kier molecular flexibility index (Phi) is 4.77. The average molecular weight is 298 g/mol. The van der Waals surface area contributed by atoms with Crippen LogP contribution in [0.3, 0.4) is 0 Å². The number of hydrogen-bond acceptors (Lipinski definition) is 3. The van der Waals surface area contributed by atoms with E-state index in [4.69, 9.17) is 4.74 Å². The fourth-order valence-corrected chi connectivity index (χ4v) is 2.42. The van der Waals surface area contributed by atoms with Crippen LogP contribution in [0.15, 0.2) is 12.1 Å². The molecule has 116 valence electrons. The molecule has 1 aromatic carbocycles. The first-order chi connectivity index (χ1) is 10.0. The Morgan fingerprint density at radius 1 is 1.33 bits per heavy atom. The van der Waals surface area contributed by atoms with E-state index in [1.165, 1.54) is 0 Å². The van der Waals surface area contributed by atoms with E-state index in [0.29, 0.717) is 13.1 Å². The minimum Gasteiger partial charge on any atom is -0.381 e. The molecular formula is C15H20F2N2O2.